The van der Waals surface area contributed by atoms with Crippen LogP contribution in [0.1, 0.15) is 35.0 Å². The molecule has 1 aromatic heterocycles. The molecule has 142 valence electrons. The van der Waals surface area contributed by atoms with Crippen molar-refractivity contribution in [3.63, 3.8) is 0 Å². The largest absolute Gasteiger partial charge is 0.283 e. The first-order chi connectivity index (χ1) is 12.2. The molecule has 0 fully saturated rings. The number of carbonyl (C=O) groups is 1. The van der Waals surface area contributed by atoms with Crippen LogP contribution in [0.25, 0.3) is 0 Å². The zero-order valence-corrected chi connectivity index (χ0v) is 15.8. The Morgan fingerprint density at radius 3 is 2.50 bits per heavy atom. The van der Waals surface area contributed by atoms with E-state index in [2.05, 4.69) is 5.10 Å². The Bertz CT molecular complexity index is 811. The normalized spacial score (nSPS) is 11.5. The maximum Gasteiger partial charge on any atom is 0.283 e. The lowest BCUT2D eigenvalue weighted by Crippen LogP contribution is -2.42. The summed E-state index contributed by atoms with van der Waals surface area (Å²) >= 11 is 12.1. The van der Waals surface area contributed by atoms with E-state index in [0.29, 0.717) is 5.56 Å². The lowest BCUT2D eigenvalue weighted by molar-refractivity contribution is 0.0143. The number of hydrogen-bond donors (Lipinski definition) is 0. The van der Waals surface area contributed by atoms with Gasteiger partial charge < -0.3 is 0 Å². The molecule has 1 aromatic carbocycles. The summed E-state index contributed by atoms with van der Waals surface area (Å²) in [5.41, 5.74) is -1.16. The minimum Gasteiger partial charge on any atom is -0.267 e. The van der Waals surface area contributed by atoms with E-state index >= 15 is 0 Å². The van der Waals surface area contributed by atoms with Gasteiger partial charge in [-0.1, -0.05) is 35.3 Å². The molecule has 0 N–H and O–H groups in total. The second-order valence-electron chi connectivity index (χ2n) is 5.59. The fourth-order valence-electron chi connectivity index (χ4n) is 2.37. The molecule has 0 bridgehead atoms. The van der Waals surface area contributed by atoms with Gasteiger partial charge in [0, 0.05) is 20.6 Å². The van der Waals surface area contributed by atoms with E-state index in [9.17, 15) is 18.0 Å². The molecule has 0 aliphatic heterocycles. The zero-order valence-electron chi connectivity index (χ0n) is 14.3. The van der Waals surface area contributed by atoms with Crippen LogP contribution in [0.4, 0.5) is 13.2 Å². The number of nitrogens with zero attached hydrogens (tertiary/aromatic N) is 4. The van der Waals surface area contributed by atoms with E-state index in [1.165, 1.54) is 26.0 Å². The van der Waals surface area contributed by atoms with Gasteiger partial charge in [0.25, 0.3) is 12.3 Å². The van der Waals surface area contributed by atoms with Crippen LogP contribution >= 0.6 is 23.2 Å². The molecule has 0 saturated carbocycles. The van der Waals surface area contributed by atoms with Gasteiger partial charge >= 0.3 is 0 Å². The SMILES string of the molecule is CCn1nc(C(F)F)c(C(=O)N(Cc2cccc(Cl)c2Cl)N(C)C)c1F. The van der Waals surface area contributed by atoms with Gasteiger partial charge in [0.2, 0.25) is 5.95 Å². The third-order valence-electron chi connectivity index (χ3n) is 3.71. The van der Waals surface area contributed by atoms with Crippen molar-refractivity contribution < 1.29 is 18.0 Å². The molecular formula is C16H17Cl2F3N4O. The van der Waals surface area contributed by atoms with Crippen LogP contribution in [0, 0.1) is 5.95 Å². The molecule has 10 heteroatoms. The van der Waals surface area contributed by atoms with E-state index < -0.39 is 29.5 Å². The summed E-state index contributed by atoms with van der Waals surface area (Å²) in [5.74, 6) is -2.05. The molecule has 1 amide bonds. The van der Waals surface area contributed by atoms with Gasteiger partial charge in [-0.2, -0.15) is 9.49 Å². The Labute approximate surface area is 158 Å². The van der Waals surface area contributed by atoms with Crippen LogP contribution in [-0.4, -0.2) is 39.8 Å². The van der Waals surface area contributed by atoms with E-state index in [1.807, 2.05) is 0 Å². The van der Waals surface area contributed by atoms with Gasteiger partial charge in [-0.3, -0.25) is 9.80 Å². The molecule has 0 saturated heterocycles. The minimum absolute atomic E-state index is 0.0148. The highest BCUT2D eigenvalue weighted by molar-refractivity contribution is 6.42. The van der Waals surface area contributed by atoms with Crippen molar-refractivity contribution >= 4 is 29.1 Å². The maximum absolute atomic E-state index is 14.5. The fourth-order valence-corrected chi connectivity index (χ4v) is 2.75. The molecule has 0 spiro atoms. The predicted octanol–water partition coefficient (Wildman–Crippen LogP) is 4.41. The molecule has 0 aliphatic carbocycles. The lowest BCUT2D eigenvalue weighted by Gasteiger charge is -2.29. The molecule has 2 aromatic rings. The zero-order chi connectivity index (χ0) is 19.6. The van der Waals surface area contributed by atoms with Crippen LogP contribution in [0.15, 0.2) is 18.2 Å². The number of halogens is 5. The highest BCUT2D eigenvalue weighted by atomic mass is 35.5. The summed E-state index contributed by atoms with van der Waals surface area (Å²) in [5, 5.41) is 6.47. The number of hydrazine groups is 1. The van der Waals surface area contributed by atoms with Crippen molar-refractivity contribution in [2.45, 2.75) is 26.4 Å². The van der Waals surface area contributed by atoms with Gasteiger partial charge in [-0.25, -0.2) is 18.5 Å². The van der Waals surface area contributed by atoms with Crippen molar-refractivity contribution in [3.05, 3.63) is 51.0 Å². The minimum atomic E-state index is -3.09. The average molecular weight is 409 g/mol. The highest BCUT2D eigenvalue weighted by Crippen LogP contribution is 2.29. The van der Waals surface area contributed by atoms with Gasteiger partial charge in [-0.15, -0.1) is 0 Å². The monoisotopic (exact) mass is 408 g/mol. The third-order valence-corrected chi connectivity index (χ3v) is 4.56. The second kappa shape index (κ2) is 8.28. The molecule has 2 rings (SSSR count). The van der Waals surface area contributed by atoms with Crippen molar-refractivity contribution in [1.82, 2.24) is 19.8 Å². The summed E-state index contributed by atoms with van der Waals surface area (Å²) < 4.78 is 41.7. The van der Waals surface area contributed by atoms with Crippen LogP contribution in [-0.2, 0) is 13.1 Å². The summed E-state index contributed by atoms with van der Waals surface area (Å²) in [7, 11) is 3.06. The number of carbonyl (C=O) groups excluding carboxylic acids is 1. The Morgan fingerprint density at radius 1 is 1.31 bits per heavy atom. The Morgan fingerprint density at radius 2 is 1.96 bits per heavy atom. The highest BCUT2D eigenvalue weighted by Gasteiger charge is 2.33. The van der Waals surface area contributed by atoms with Gasteiger partial charge in [-0.05, 0) is 18.6 Å². The predicted molar refractivity (Wildman–Crippen MR) is 92.8 cm³/mol. The first kappa shape index (κ1) is 20.5. The molecule has 0 atom stereocenters. The number of aromatic nitrogens is 2. The topological polar surface area (TPSA) is 41.4 Å². The van der Waals surface area contributed by atoms with Gasteiger partial charge in [0.05, 0.1) is 16.6 Å². The second-order valence-corrected chi connectivity index (χ2v) is 6.38. The quantitative estimate of drug-likeness (QED) is 0.664. The van der Waals surface area contributed by atoms with Gasteiger partial charge in [0.1, 0.15) is 11.3 Å². The smallest absolute Gasteiger partial charge is 0.267 e. The van der Waals surface area contributed by atoms with Crippen molar-refractivity contribution in [3.8, 4) is 0 Å². The van der Waals surface area contributed by atoms with E-state index in [0.717, 1.165) is 9.69 Å². The number of benzene rings is 1. The van der Waals surface area contributed by atoms with E-state index in [4.69, 9.17) is 23.2 Å². The van der Waals surface area contributed by atoms with Crippen LogP contribution < -0.4 is 0 Å². The van der Waals surface area contributed by atoms with Crippen molar-refractivity contribution in [2.24, 2.45) is 0 Å². The molecule has 1 heterocycles. The van der Waals surface area contributed by atoms with Crippen LogP contribution in [0.2, 0.25) is 10.0 Å². The summed E-state index contributed by atoms with van der Waals surface area (Å²) in [4.78, 5) is 12.8. The molecule has 0 unspecified atom stereocenters. The molecule has 0 radical (unpaired) electrons. The summed E-state index contributed by atoms with van der Waals surface area (Å²) in [6, 6.07) is 4.86. The van der Waals surface area contributed by atoms with E-state index in [-0.39, 0.29) is 23.1 Å². The van der Waals surface area contributed by atoms with Crippen molar-refractivity contribution in [2.75, 3.05) is 14.1 Å². The number of alkyl halides is 2. The van der Waals surface area contributed by atoms with Crippen LogP contribution in [0.5, 0.6) is 0 Å². The third kappa shape index (κ3) is 3.97. The standard InChI is InChI=1S/C16H17Cl2F3N4O/c1-4-24-15(21)11(13(22-24)14(19)20)16(26)25(23(2)3)8-9-6-5-7-10(17)12(9)18/h5-7,14H,4,8H2,1-3H3. The summed E-state index contributed by atoms with van der Waals surface area (Å²) in [6.45, 7) is 1.47. The molecule has 0 aliphatic rings. The first-order valence-electron chi connectivity index (χ1n) is 7.65. The molecule has 5 nitrogen and oxygen atoms in total. The fraction of sp³-hybridized carbons (Fsp3) is 0.375. The molecule has 26 heavy (non-hydrogen) atoms. The number of rotatable bonds is 6. The average Bonchev–Trinajstić information content (AvgIpc) is 2.92. The van der Waals surface area contributed by atoms with Gasteiger partial charge in [0.15, 0.2) is 0 Å². The first-order valence-corrected chi connectivity index (χ1v) is 8.40. The Balaban J connectivity index is 2.47. The maximum atomic E-state index is 14.5. The molecular weight excluding hydrogens is 392 g/mol. The Kier molecular flexibility index (Phi) is 6.54. The van der Waals surface area contributed by atoms with E-state index in [1.54, 1.807) is 18.2 Å². The summed E-state index contributed by atoms with van der Waals surface area (Å²) in [6.07, 6.45) is -3.09. The van der Waals surface area contributed by atoms with Crippen LogP contribution in [0.3, 0.4) is 0 Å². The number of hydrogen-bond acceptors (Lipinski definition) is 3. The number of aryl methyl sites for hydroxylation is 1. The Hall–Kier alpha value is -1.77. The number of amides is 1. The lowest BCUT2D eigenvalue weighted by atomic mass is 10.2. The van der Waals surface area contributed by atoms with Crippen molar-refractivity contribution in [1.29, 1.82) is 0 Å².